The second-order valence-corrected chi connectivity index (χ2v) is 6.39. The molecule has 6 nitrogen and oxygen atoms in total. The van der Waals surface area contributed by atoms with Gasteiger partial charge < -0.3 is 10.2 Å². The largest absolute Gasteiger partial charge is 0.322 e. The van der Waals surface area contributed by atoms with Gasteiger partial charge in [-0.15, -0.1) is 0 Å². The van der Waals surface area contributed by atoms with Crippen LogP contribution in [0.2, 0.25) is 0 Å². The highest BCUT2D eigenvalue weighted by Crippen LogP contribution is 2.44. The molecule has 0 spiro atoms. The average molecular weight is 353 g/mol. The zero-order valence-corrected chi connectivity index (χ0v) is 14.0. The van der Waals surface area contributed by atoms with E-state index < -0.39 is 17.4 Å². The number of nitrogens with zero attached hydrogens (tertiary/aromatic N) is 2. The summed E-state index contributed by atoms with van der Waals surface area (Å²) < 4.78 is 13.1. The number of anilines is 2. The predicted octanol–water partition coefficient (Wildman–Crippen LogP) is 2.37. The number of hydrogen-bond donors (Lipinski definition) is 1. The highest BCUT2D eigenvalue weighted by Gasteiger charge is 2.59. The summed E-state index contributed by atoms with van der Waals surface area (Å²) >= 11 is 0. The molecule has 132 valence electrons. The Morgan fingerprint density at radius 1 is 1.12 bits per heavy atom. The molecule has 1 saturated heterocycles. The van der Waals surface area contributed by atoms with Gasteiger partial charge in [0.25, 0.3) is 11.8 Å². The average Bonchev–Trinajstić information content (AvgIpc) is 3.00. The Balaban J connectivity index is 1.80. The number of carbonyl (C=O) groups excluding carboxylic acids is 3. The molecule has 0 radical (unpaired) electrons. The summed E-state index contributed by atoms with van der Waals surface area (Å²) in [6, 6.07) is 12.1. The molecule has 1 N–H and O–H groups in total. The monoisotopic (exact) mass is 353 g/mol. The van der Waals surface area contributed by atoms with Gasteiger partial charge in [-0.25, -0.2) is 4.39 Å². The number of halogens is 1. The van der Waals surface area contributed by atoms with Crippen LogP contribution in [0.25, 0.3) is 0 Å². The Kier molecular flexibility index (Phi) is 3.54. The third-order valence-electron chi connectivity index (χ3n) is 5.01. The number of rotatable bonds is 2. The summed E-state index contributed by atoms with van der Waals surface area (Å²) in [6.07, 6.45) is 0.345. The van der Waals surface area contributed by atoms with Crippen molar-refractivity contribution in [1.29, 1.82) is 0 Å². The minimum absolute atomic E-state index is 0.156. The Morgan fingerprint density at radius 2 is 1.81 bits per heavy atom. The van der Waals surface area contributed by atoms with Gasteiger partial charge in [0.2, 0.25) is 11.6 Å². The molecule has 2 aliphatic rings. The van der Waals surface area contributed by atoms with E-state index >= 15 is 0 Å². The van der Waals surface area contributed by atoms with E-state index in [9.17, 15) is 18.8 Å². The molecule has 4 rings (SSSR count). The van der Waals surface area contributed by atoms with E-state index in [1.807, 2.05) is 0 Å². The van der Waals surface area contributed by atoms with E-state index in [2.05, 4.69) is 5.32 Å². The first-order valence-electron chi connectivity index (χ1n) is 8.22. The van der Waals surface area contributed by atoms with Crippen molar-refractivity contribution >= 4 is 29.1 Å². The van der Waals surface area contributed by atoms with Gasteiger partial charge >= 0.3 is 0 Å². The number of benzene rings is 2. The second-order valence-electron chi connectivity index (χ2n) is 6.39. The van der Waals surface area contributed by atoms with Crippen molar-refractivity contribution in [2.45, 2.75) is 18.5 Å². The maximum Gasteiger partial charge on any atom is 0.271 e. The maximum absolute atomic E-state index is 13.2. The van der Waals surface area contributed by atoms with Crippen molar-refractivity contribution in [3.05, 3.63) is 59.9 Å². The van der Waals surface area contributed by atoms with Gasteiger partial charge in [-0.2, -0.15) is 0 Å². The fourth-order valence-electron chi connectivity index (χ4n) is 3.69. The quantitative estimate of drug-likeness (QED) is 0.901. The number of hydrogen-bond acceptors (Lipinski definition) is 3. The summed E-state index contributed by atoms with van der Waals surface area (Å²) in [5.41, 5.74) is -0.218. The minimum Gasteiger partial charge on any atom is -0.322 e. The Bertz CT molecular complexity index is 928. The van der Waals surface area contributed by atoms with Gasteiger partial charge in [0.15, 0.2) is 0 Å². The molecule has 2 heterocycles. The van der Waals surface area contributed by atoms with Crippen LogP contribution in [0.15, 0.2) is 48.5 Å². The smallest absolute Gasteiger partial charge is 0.271 e. The van der Waals surface area contributed by atoms with E-state index in [1.54, 1.807) is 24.3 Å². The van der Waals surface area contributed by atoms with Gasteiger partial charge in [-0.05, 0) is 36.4 Å². The lowest BCUT2D eigenvalue weighted by Gasteiger charge is -2.47. The molecule has 0 bridgehead atoms. The lowest BCUT2D eigenvalue weighted by Crippen LogP contribution is -2.68. The fourth-order valence-corrected chi connectivity index (χ4v) is 3.69. The van der Waals surface area contributed by atoms with Crippen LogP contribution in [0, 0.1) is 5.82 Å². The summed E-state index contributed by atoms with van der Waals surface area (Å²) in [5.74, 6) is -1.45. The third kappa shape index (κ3) is 2.13. The lowest BCUT2D eigenvalue weighted by molar-refractivity contribution is -0.128. The molecule has 2 aromatic carbocycles. The molecule has 0 saturated carbocycles. The van der Waals surface area contributed by atoms with Crippen LogP contribution in [-0.2, 0) is 9.59 Å². The van der Waals surface area contributed by atoms with Gasteiger partial charge in [0.1, 0.15) is 5.82 Å². The molecular weight excluding hydrogens is 337 g/mol. The van der Waals surface area contributed by atoms with E-state index in [0.29, 0.717) is 16.9 Å². The van der Waals surface area contributed by atoms with Crippen molar-refractivity contribution in [1.82, 2.24) is 4.90 Å². The van der Waals surface area contributed by atoms with Crippen molar-refractivity contribution < 1.29 is 18.8 Å². The zero-order chi connectivity index (χ0) is 18.5. The van der Waals surface area contributed by atoms with Crippen LogP contribution in [0.5, 0.6) is 0 Å². The lowest BCUT2D eigenvalue weighted by atomic mass is 9.96. The Labute approximate surface area is 149 Å². The molecule has 3 amide bonds. The molecular formula is C19H16FN3O3. The normalized spacial score (nSPS) is 21.5. The Morgan fingerprint density at radius 3 is 2.54 bits per heavy atom. The first-order valence-corrected chi connectivity index (χ1v) is 8.22. The molecule has 0 aliphatic carbocycles. The highest BCUT2D eigenvalue weighted by molar-refractivity contribution is 6.18. The van der Waals surface area contributed by atoms with Crippen molar-refractivity contribution in [2.75, 3.05) is 17.3 Å². The molecule has 2 aliphatic heterocycles. The number of fused-ring (bicyclic) bond motifs is 3. The highest BCUT2D eigenvalue weighted by atomic mass is 19.1. The van der Waals surface area contributed by atoms with Crippen LogP contribution in [0.1, 0.15) is 23.2 Å². The molecule has 7 heteroatoms. The molecule has 0 unspecified atom stereocenters. The van der Waals surface area contributed by atoms with Crippen molar-refractivity contribution in [3.8, 4) is 0 Å². The first-order chi connectivity index (χ1) is 12.4. The Hall–Kier alpha value is -3.22. The van der Waals surface area contributed by atoms with E-state index in [0.717, 1.165) is 0 Å². The van der Waals surface area contributed by atoms with Crippen LogP contribution < -0.4 is 10.2 Å². The predicted molar refractivity (Wildman–Crippen MR) is 93.0 cm³/mol. The fraction of sp³-hybridized carbons (Fsp3) is 0.211. The topological polar surface area (TPSA) is 69.7 Å². The summed E-state index contributed by atoms with van der Waals surface area (Å²) in [4.78, 5) is 41.3. The summed E-state index contributed by atoms with van der Waals surface area (Å²) in [6.45, 7) is 0. The number of para-hydroxylation sites is 1. The molecule has 1 atom stereocenters. The zero-order valence-electron chi connectivity index (χ0n) is 14.0. The standard InChI is InChI=1S/C19H16FN3O3/c1-22-17(25)14-4-2-3-5-15(14)23-16(24)10-11-19(22,23)18(26)21-13-8-6-12(20)7-9-13/h2-9H,10-11H2,1H3,(H,21,26)/t19-/m1/s1. The van der Waals surface area contributed by atoms with Crippen LogP contribution in [0.4, 0.5) is 15.8 Å². The molecule has 1 fully saturated rings. The van der Waals surface area contributed by atoms with Gasteiger partial charge in [0.05, 0.1) is 11.3 Å². The number of likely N-dealkylation sites (N-methyl/N-ethyl adjacent to an activating group) is 1. The first kappa shape index (κ1) is 16.3. The van der Waals surface area contributed by atoms with Gasteiger partial charge in [-0.3, -0.25) is 19.3 Å². The maximum atomic E-state index is 13.2. The number of amides is 3. The molecule has 0 aromatic heterocycles. The second kappa shape index (κ2) is 5.66. The van der Waals surface area contributed by atoms with Crippen molar-refractivity contribution in [3.63, 3.8) is 0 Å². The van der Waals surface area contributed by atoms with Gasteiger partial charge in [0, 0.05) is 25.6 Å². The number of nitrogens with one attached hydrogen (secondary N) is 1. The van der Waals surface area contributed by atoms with Crippen LogP contribution in [0.3, 0.4) is 0 Å². The van der Waals surface area contributed by atoms with Crippen LogP contribution in [-0.4, -0.2) is 35.3 Å². The van der Waals surface area contributed by atoms with Crippen molar-refractivity contribution in [2.24, 2.45) is 0 Å². The summed E-state index contributed by atoms with van der Waals surface area (Å²) in [5, 5.41) is 2.71. The molecule has 26 heavy (non-hydrogen) atoms. The van der Waals surface area contributed by atoms with Crippen LogP contribution >= 0.6 is 0 Å². The minimum atomic E-state index is -1.43. The van der Waals surface area contributed by atoms with E-state index in [-0.39, 0.29) is 24.7 Å². The SMILES string of the molecule is CN1C(=O)c2ccccc2N2C(=O)CC[C@@]12C(=O)Nc1ccc(F)cc1. The number of carbonyl (C=O) groups is 3. The van der Waals surface area contributed by atoms with E-state index in [1.165, 1.54) is 41.1 Å². The third-order valence-corrected chi connectivity index (χ3v) is 5.01. The van der Waals surface area contributed by atoms with E-state index in [4.69, 9.17) is 0 Å². The summed E-state index contributed by atoms with van der Waals surface area (Å²) in [7, 11) is 1.52. The molecule has 2 aromatic rings. The van der Waals surface area contributed by atoms with Gasteiger partial charge in [-0.1, -0.05) is 12.1 Å².